The molecule has 0 atom stereocenters. The van der Waals surface area contributed by atoms with Gasteiger partial charge in [0.1, 0.15) is 5.82 Å². The van der Waals surface area contributed by atoms with Gasteiger partial charge in [0, 0.05) is 24.0 Å². The SMILES string of the molecule is Cc1cc(Nc2ccc(CN3CCCCC3)cc2)nc(Cl)n1. The standard InChI is InChI=1S/C17H21ClN4/c1-13-11-16(21-17(18)19-13)20-15-7-5-14(6-8-15)12-22-9-3-2-4-10-22/h5-8,11H,2-4,9-10,12H2,1H3,(H,19,20,21). The zero-order valence-electron chi connectivity index (χ0n) is 12.8. The van der Waals surface area contributed by atoms with Gasteiger partial charge in [-0.15, -0.1) is 0 Å². The van der Waals surface area contributed by atoms with Gasteiger partial charge in [-0.3, -0.25) is 4.90 Å². The van der Waals surface area contributed by atoms with E-state index in [0.717, 1.165) is 23.7 Å². The van der Waals surface area contributed by atoms with E-state index in [2.05, 4.69) is 44.5 Å². The fourth-order valence-electron chi connectivity index (χ4n) is 2.81. The third-order valence-electron chi connectivity index (χ3n) is 3.91. The lowest BCUT2D eigenvalue weighted by molar-refractivity contribution is 0.221. The topological polar surface area (TPSA) is 41.0 Å². The van der Waals surface area contributed by atoms with E-state index < -0.39 is 0 Å². The largest absolute Gasteiger partial charge is 0.340 e. The third-order valence-corrected chi connectivity index (χ3v) is 4.08. The number of rotatable bonds is 4. The van der Waals surface area contributed by atoms with Crippen molar-refractivity contribution in [2.24, 2.45) is 0 Å². The summed E-state index contributed by atoms with van der Waals surface area (Å²) in [5, 5.41) is 3.54. The molecule has 2 heterocycles. The van der Waals surface area contributed by atoms with Gasteiger partial charge in [0.25, 0.3) is 0 Å². The van der Waals surface area contributed by atoms with Crippen molar-refractivity contribution < 1.29 is 0 Å². The van der Waals surface area contributed by atoms with Crippen LogP contribution in [0.3, 0.4) is 0 Å². The molecule has 3 rings (SSSR count). The first-order valence-corrected chi connectivity index (χ1v) is 8.16. The molecular weight excluding hydrogens is 296 g/mol. The molecule has 5 heteroatoms. The number of hydrogen-bond acceptors (Lipinski definition) is 4. The molecule has 1 aliphatic heterocycles. The maximum Gasteiger partial charge on any atom is 0.224 e. The molecule has 1 fully saturated rings. The van der Waals surface area contributed by atoms with Crippen LogP contribution in [-0.2, 0) is 6.54 Å². The van der Waals surface area contributed by atoms with E-state index in [4.69, 9.17) is 11.6 Å². The van der Waals surface area contributed by atoms with E-state index in [-0.39, 0.29) is 5.28 Å². The summed E-state index contributed by atoms with van der Waals surface area (Å²) in [6, 6.07) is 10.4. The van der Waals surface area contributed by atoms with Crippen molar-refractivity contribution in [1.29, 1.82) is 0 Å². The fraction of sp³-hybridized carbons (Fsp3) is 0.412. The van der Waals surface area contributed by atoms with Gasteiger partial charge in [-0.25, -0.2) is 9.97 Å². The molecule has 0 radical (unpaired) electrons. The Labute approximate surface area is 136 Å². The van der Waals surface area contributed by atoms with E-state index in [1.54, 1.807) is 0 Å². The molecule has 0 unspecified atom stereocenters. The van der Waals surface area contributed by atoms with Crippen molar-refractivity contribution in [1.82, 2.24) is 14.9 Å². The van der Waals surface area contributed by atoms with Gasteiger partial charge in [0.05, 0.1) is 0 Å². The minimum absolute atomic E-state index is 0.268. The maximum atomic E-state index is 5.88. The van der Waals surface area contributed by atoms with Crippen molar-refractivity contribution >= 4 is 23.1 Å². The zero-order valence-corrected chi connectivity index (χ0v) is 13.6. The molecule has 22 heavy (non-hydrogen) atoms. The van der Waals surface area contributed by atoms with Crippen LogP contribution < -0.4 is 5.32 Å². The van der Waals surface area contributed by atoms with Gasteiger partial charge in [-0.2, -0.15) is 0 Å². The average molecular weight is 317 g/mol. The van der Waals surface area contributed by atoms with E-state index in [1.807, 2.05) is 13.0 Å². The number of likely N-dealkylation sites (tertiary alicyclic amines) is 1. The molecule has 1 aromatic heterocycles. The number of anilines is 2. The van der Waals surface area contributed by atoms with Crippen molar-refractivity contribution in [2.45, 2.75) is 32.7 Å². The molecule has 0 amide bonds. The molecule has 1 aliphatic rings. The molecule has 4 nitrogen and oxygen atoms in total. The molecular formula is C17H21ClN4. The molecule has 0 saturated carbocycles. The first-order valence-electron chi connectivity index (χ1n) is 7.78. The van der Waals surface area contributed by atoms with Gasteiger partial charge in [-0.1, -0.05) is 18.6 Å². The Bertz CT molecular complexity index is 601. The van der Waals surface area contributed by atoms with Crippen LogP contribution in [0.5, 0.6) is 0 Å². The normalized spacial score (nSPS) is 15.7. The minimum atomic E-state index is 0.268. The van der Waals surface area contributed by atoms with E-state index in [0.29, 0.717) is 0 Å². The summed E-state index contributed by atoms with van der Waals surface area (Å²) >= 11 is 5.88. The molecule has 1 aromatic carbocycles. The predicted octanol–water partition coefficient (Wildman–Crippen LogP) is 4.17. The second-order valence-corrected chi connectivity index (χ2v) is 6.16. The van der Waals surface area contributed by atoms with Crippen LogP contribution in [0.1, 0.15) is 30.5 Å². The molecule has 0 aliphatic carbocycles. The van der Waals surface area contributed by atoms with E-state index in [9.17, 15) is 0 Å². The fourth-order valence-corrected chi connectivity index (χ4v) is 3.04. The second-order valence-electron chi connectivity index (χ2n) is 5.82. The number of nitrogens with one attached hydrogen (secondary N) is 1. The highest BCUT2D eigenvalue weighted by Crippen LogP contribution is 2.19. The van der Waals surface area contributed by atoms with Gasteiger partial charge >= 0.3 is 0 Å². The maximum absolute atomic E-state index is 5.88. The number of benzene rings is 1. The lowest BCUT2D eigenvalue weighted by atomic mass is 10.1. The highest BCUT2D eigenvalue weighted by molar-refractivity contribution is 6.28. The van der Waals surface area contributed by atoms with Gasteiger partial charge in [0.2, 0.25) is 5.28 Å². The molecule has 0 spiro atoms. The average Bonchev–Trinajstić information content (AvgIpc) is 2.49. The van der Waals surface area contributed by atoms with Crippen LogP contribution in [-0.4, -0.2) is 28.0 Å². The monoisotopic (exact) mass is 316 g/mol. The van der Waals surface area contributed by atoms with Crippen LogP contribution in [0.4, 0.5) is 11.5 Å². The van der Waals surface area contributed by atoms with Crippen LogP contribution in [0, 0.1) is 6.92 Å². The number of halogens is 1. The molecule has 116 valence electrons. The smallest absolute Gasteiger partial charge is 0.224 e. The van der Waals surface area contributed by atoms with E-state index >= 15 is 0 Å². The summed E-state index contributed by atoms with van der Waals surface area (Å²) in [5.74, 6) is 0.723. The van der Waals surface area contributed by atoms with E-state index in [1.165, 1.54) is 37.9 Å². The molecule has 1 N–H and O–H groups in total. The Morgan fingerprint density at radius 1 is 1.09 bits per heavy atom. The van der Waals surface area contributed by atoms with Crippen molar-refractivity contribution in [3.8, 4) is 0 Å². The van der Waals surface area contributed by atoms with Gasteiger partial charge < -0.3 is 5.32 Å². The number of nitrogens with zero attached hydrogens (tertiary/aromatic N) is 3. The van der Waals surface area contributed by atoms with Crippen molar-refractivity contribution in [3.63, 3.8) is 0 Å². The second kappa shape index (κ2) is 7.07. The summed E-state index contributed by atoms with van der Waals surface area (Å²) in [6.45, 7) is 5.39. The Morgan fingerprint density at radius 2 is 1.82 bits per heavy atom. The van der Waals surface area contributed by atoms with Gasteiger partial charge in [-0.05, 0) is 62.2 Å². The summed E-state index contributed by atoms with van der Waals surface area (Å²) in [4.78, 5) is 10.8. The third kappa shape index (κ3) is 4.18. The Kier molecular flexibility index (Phi) is 4.90. The molecule has 2 aromatic rings. The summed E-state index contributed by atoms with van der Waals surface area (Å²) in [5.41, 5.74) is 3.21. The van der Waals surface area contributed by atoms with Crippen LogP contribution in [0.15, 0.2) is 30.3 Å². The van der Waals surface area contributed by atoms with Gasteiger partial charge in [0.15, 0.2) is 0 Å². The van der Waals surface area contributed by atoms with Crippen LogP contribution in [0.2, 0.25) is 5.28 Å². The quantitative estimate of drug-likeness (QED) is 0.860. The Balaban J connectivity index is 1.63. The highest BCUT2D eigenvalue weighted by Gasteiger charge is 2.10. The molecule has 1 saturated heterocycles. The first kappa shape index (κ1) is 15.3. The summed E-state index contributed by atoms with van der Waals surface area (Å²) in [7, 11) is 0. The summed E-state index contributed by atoms with van der Waals surface area (Å²) < 4.78 is 0. The first-order chi connectivity index (χ1) is 10.7. The van der Waals surface area contributed by atoms with Crippen molar-refractivity contribution in [3.05, 3.63) is 46.9 Å². The Morgan fingerprint density at radius 3 is 2.50 bits per heavy atom. The van der Waals surface area contributed by atoms with Crippen LogP contribution in [0.25, 0.3) is 0 Å². The summed E-state index contributed by atoms with van der Waals surface area (Å²) in [6.07, 6.45) is 4.03. The Hall–Kier alpha value is -1.65. The minimum Gasteiger partial charge on any atom is -0.340 e. The predicted molar refractivity (Wildman–Crippen MR) is 90.6 cm³/mol. The lowest BCUT2D eigenvalue weighted by Gasteiger charge is -2.26. The molecule has 0 bridgehead atoms. The zero-order chi connectivity index (χ0) is 15.4. The highest BCUT2D eigenvalue weighted by atomic mass is 35.5. The number of piperidine rings is 1. The number of hydrogen-bond donors (Lipinski definition) is 1. The number of aromatic nitrogens is 2. The lowest BCUT2D eigenvalue weighted by Crippen LogP contribution is -2.29. The van der Waals surface area contributed by atoms with Crippen molar-refractivity contribution in [2.75, 3.05) is 18.4 Å². The number of aryl methyl sites for hydroxylation is 1. The van der Waals surface area contributed by atoms with Crippen LogP contribution >= 0.6 is 11.6 Å².